The smallest absolute Gasteiger partial charge is 0.271 e. The fraction of sp³-hybridized carbons (Fsp3) is 0.238. The number of amides is 2. The molecule has 0 unspecified atom stereocenters. The molecule has 2 amide bonds. The molecule has 0 atom stereocenters. The van der Waals surface area contributed by atoms with Crippen molar-refractivity contribution >= 4 is 34.1 Å². The maximum atomic E-state index is 12.4. The van der Waals surface area contributed by atoms with E-state index in [1.165, 1.54) is 34.0 Å². The Balaban J connectivity index is 1.34. The molecule has 2 heterocycles. The number of rotatable bonds is 7. The number of para-hydroxylation sites is 1. The number of hydrogen-bond donors (Lipinski definition) is 2. The summed E-state index contributed by atoms with van der Waals surface area (Å²) in [5, 5.41) is 15.0. The van der Waals surface area contributed by atoms with E-state index in [-0.39, 0.29) is 30.4 Å². The van der Waals surface area contributed by atoms with Crippen molar-refractivity contribution in [1.29, 1.82) is 0 Å². The molecule has 30 heavy (non-hydrogen) atoms. The van der Waals surface area contributed by atoms with Gasteiger partial charge in [0.15, 0.2) is 6.61 Å². The molecule has 1 aromatic heterocycles. The predicted octanol–water partition coefficient (Wildman–Crippen LogP) is 2.55. The van der Waals surface area contributed by atoms with Gasteiger partial charge in [0.05, 0.1) is 10.6 Å². The number of aryl methyl sites for hydroxylation is 1. The fourth-order valence-electron chi connectivity index (χ4n) is 3.52. The van der Waals surface area contributed by atoms with E-state index in [9.17, 15) is 19.7 Å². The van der Waals surface area contributed by atoms with Crippen LogP contribution in [0.2, 0.25) is 0 Å². The third-order valence-electron chi connectivity index (χ3n) is 5.02. The topological polar surface area (TPSA) is 118 Å². The summed E-state index contributed by atoms with van der Waals surface area (Å²) in [4.78, 5) is 39.5. The highest BCUT2D eigenvalue weighted by molar-refractivity contribution is 6.02. The van der Waals surface area contributed by atoms with Crippen LogP contribution in [0.4, 0.5) is 11.4 Å². The van der Waals surface area contributed by atoms with Gasteiger partial charge in [0.1, 0.15) is 12.3 Å². The number of nitro benzene ring substituents is 1. The average molecular weight is 408 g/mol. The second-order valence-corrected chi connectivity index (χ2v) is 6.99. The number of aromatic nitrogens is 1. The van der Waals surface area contributed by atoms with Gasteiger partial charge in [-0.05, 0) is 30.5 Å². The molecule has 1 aliphatic heterocycles. The number of ether oxygens (including phenoxy) is 1. The van der Waals surface area contributed by atoms with Crippen molar-refractivity contribution in [2.24, 2.45) is 0 Å². The summed E-state index contributed by atoms with van der Waals surface area (Å²) in [6.45, 7) is 0.0285. The molecule has 0 fully saturated rings. The number of fused-ring (bicyclic) bond motifs is 2. The molecule has 154 valence electrons. The molecular formula is C21H20N4O5. The van der Waals surface area contributed by atoms with Crippen molar-refractivity contribution in [1.82, 2.24) is 10.3 Å². The SMILES string of the molecule is O=C(CN1C(=O)COc2ccc([N+](=O)[O-])cc21)NCCCc1c[nH]c2ccccc12. The van der Waals surface area contributed by atoms with Crippen LogP contribution in [-0.2, 0) is 16.0 Å². The second kappa shape index (κ2) is 8.24. The van der Waals surface area contributed by atoms with Crippen LogP contribution in [0.15, 0.2) is 48.7 Å². The van der Waals surface area contributed by atoms with Gasteiger partial charge >= 0.3 is 0 Å². The maximum absolute atomic E-state index is 12.4. The molecular weight excluding hydrogens is 388 g/mol. The Morgan fingerprint density at radius 2 is 2.10 bits per heavy atom. The Morgan fingerprint density at radius 1 is 1.27 bits per heavy atom. The van der Waals surface area contributed by atoms with Gasteiger partial charge < -0.3 is 15.0 Å². The van der Waals surface area contributed by atoms with Gasteiger partial charge in [0.25, 0.3) is 11.6 Å². The van der Waals surface area contributed by atoms with Gasteiger partial charge in [-0.25, -0.2) is 0 Å². The van der Waals surface area contributed by atoms with Crippen LogP contribution < -0.4 is 15.0 Å². The number of anilines is 1. The molecule has 3 aromatic rings. The van der Waals surface area contributed by atoms with Gasteiger partial charge in [-0.2, -0.15) is 0 Å². The first-order chi connectivity index (χ1) is 14.5. The molecule has 4 rings (SSSR count). The summed E-state index contributed by atoms with van der Waals surface area (Å²) in [6.07, 6.45) is 3.52. The molecule has 0 spiro atoms. The lowest BCUT2D eigenvalue weighted by atomic mass is 10.1. The first-order valence-corrected chi connectivity index (χ1v) is 9.56. The fourth-order valence-corrected chi connectivity index (χ4v) is 3.52. The molecule has 1 aliphatic rings. The summed E-state index contributed by atoms with van der Waals surface area (Å²) in [6, 6.07) is 12.0. The number of benzene rings is 2. The summed E-state index contributed by atoms with van der Waals surface area (Å²) < 4.78 is 5.31. The number of nitrogens with one attached hydrogen (secondary N) is 2. The highest BCUT2D eigenvalue weighted by Crippen LogP contribution is 2.35. The van der Waals surface area contributed by atoms with E-state index < -0.39 is 10.8 Å². The van der Waals surface area contributed by atoms with E-state index in [0.29, 0.717) is 12.3 Å². The Kier molecular flexibility index (Phi) is 5.34. The highest BCUT2D eigenvalue weighted by Gasteiger charge is 2.29. The van der Waals surface area contributed by atoms with E-state index in [1.54, 1.807) is 0 Å². The monoisotopic (exact) mass is 408 g/mol. The third-order valence-corrected chi connectivity index (χ3v) is 5.02. The minimum absolute atomic E-state index is 0.170. The summed E-state index contributed by atoms with van der Waals surface area (Å²) in [7, 11) is 0. The molecule has 0 saturated carbocycles. The van der Waals surface area contributed by atoms with Crippen LogP contribution in [0.25, 0.3) is 10.9 Å². The molecule has 0 radical (unpaired) electrons. The van der Waals surface area contributed by atoms with Gasteiger partial charge in [0.2, 0.25) is 5.91 Å². The second-order valence-electron chi connectivity index (χ2n) is 6.99. The van der Waals surface area contributed by atoms with E-state index in [0.717, 1.165) is 18.4 Å². The zero-order chi connectivity index (χ0) is 21.1. The van der Waals surface area contributed by atoms with Crippen LogP contribution in [0.1, 0.15) is 12.0 Å². The third kappa shape index (κ3) is 3.95. The first-order valence-electron chi connectivity index (χ1n) is 9.56. The normalized spacial score (nSPS) is 13.1. The van der Waals surface area contributed by atoms with Gasteiger partial charge in [-0.3, -0.25) is 24.6 Å². The number of carbonyl (C=O) groups excluding carboxylic acids is 2. The molecule has 9 nitrogen and oxygen atoms in total. The highest BCUT2D eigenvalue weighted by atomic mass is 16.6. The van der Waals surface area contributed by atoms with Crippen molar-refractivity contribution in [3.63, 3.8) is 0 Å². The Morgan fingerprint density at radius 3 is 2.93 bits per heavy atom. The Labute approximate surface area is 171 Å². The van der Waals surface area contributed by atoms with E-state index in [4.69, 9.17) is 4.74 Å². The predicted molar refractivity (Wildman–Crippen MR) is 111 cm³/mol. The minimum Gasteiger partial charge on any atom is -0.482 e. The van der Waals surface area contributed by atoms with Crippen LogP contribution in [0.5, 0.6) is 5.75 Å². The van der Waals surface area contributed by atoms with E-state index in [2.05, 4.69) is 16.4 Å². The number of non-ortho nitro benzene ring substituents is 1. The van der Waals surface area contributed by atoms with E-state index >= 15 is 0 Å². The van der Waals surface area contributed by atoms with Crippen LogP contribution in [-0.4, -0.2) is 41.4 Å². The lowest BCUT2D eigenvalue weighted by Crippen LogP contribution is -2.45. The largest absolute Gasteiger partial charge is 0.482 e. The van der Waals surface area contributed by atoms with E-state index in [1.807, 2.05) is 24.4 Å². The van der Waals surface area contributed by atoms with Crippen molar-refractivity contribution in [3.05, 3.63) is 64.3 Å². The molecule has 2 aromatic carbocycles. The zero-order valence-electron chi connectivity index (χ0n) is 16.1. The number of carbonyl (C=O) groups is 2. The zero-order valence-corrected chi connectivity index (χ0v) is 16.1. The molecule has 0 bridgehead atoms. The standard InChI is InChI=1S/C21H20N4O5/c26-20(22-9-3-4-14-11-23-17-6-2-1-5-16(14)17)12-24-18-10-15(25(28)29)7-8-19(18)30-13-21(24)27/h1-2,5-8,10-11,23H,3-4,9,12-13H2,(H,22,26). The van der Waals surface area contributed by atoms with Crippen LogP contribution in [0, 0.1) is 10.1 Å². The lowest BCUT2D eigenvalue weighted by Gasteiger charge is -2.28. The quantitative estimate of drug-likeness (QED) is 0.354. The van der Waals surface area contributed by atoms with Crippen molar-refractivity contribution in [2.75, 3.05) is 24.6 Å². The summed E-state index contributed by atoms with van der Waals surface area (Å²) in [5.41, 5.74) is 2.32. The number of H-pyrrole nitrogens is 1. The maximum Gasteiger partial charge on any atom is 0.271 e. The molecule has 0 aliphatic carbocycles. The summed E-state index contributed by atoms with van der Waals surface area (Å²) in [5.74, 6) is -0.411. The summed E-state index contributed by atoms with van der Waals surface area (Å²) >= 11 is 0. The number of aromatic amines is 1. The molecule has 9 heteroatoms. The van der Waals surface area contributed by atoms with Gasteiger partial charge in [-0.1, -0.05) is 18.2 Å². The minimum atomic E-state index is -0.553. The number of nitro groups is 1. The van der Waals surface area contributed by atoms with Crippen LogP contribution in [0.3, 0.4) is 0 Å². The lowest BCUT2D eigenvalue weighted by molar-refractivity contribution is -0.384. The van der Waals surface area contributed by atoms with Crippen molar-refractivity contribution in [2.45, 2.75) is 12.8 Å². The molecule has 0 saturated heterocycles. The molecule has 2 N–H and O–H groups in total. The number of hydrogen-bond acceptors (Lipinski definition) is 5. The first kappa shape index (κ1) is 19.4. The average Bonchev–Trinajstić information content (AvgIpc) is 3.16. The van der Waals surface area contributed by atoms with Gasteiger partial charge in [-0.15, -0.1) is 0 Å². The van der Waals surface area contributed by atoms with Gasteiger partial charge in [0, 0.05) is 35.8 Å². The number of nitrogens with zero attached hydrogens (tertiary/aromatic N) is 2. The van der Waals surface area contributed by atoms with Crippen molar-refractivity contribution < 1.29 is 19.2 Å². The Bertz CT molecular complexity index is 1120. The van der Waals surface area contributed by atoms with Crippen molar-refractivity contribution in [3.8, 4) is 5.75 Å². The van der Waals surface area contributed by atoms with Crippen LogP contribution >= 0.6 is 0 Å². The Hall–Kier alpha value is -3.88.